The Hall–Kier alpha value is -2.51. The second-order valence-electron chi connectivity index (χ2n) is 7.28. The molecule has 7 nitrogen and oxygen atoms in total. The van der Waals surface area contributed by atoms with Gasteiger partial charge in [0.2, 0.25) is 5.95 Å². The first-order valence-electron chi connectivity index (χ1n) is 9.27. The number of hydrogen-bond donors (Lipinski definition) is 2. The number of hydrogen-bond acceptors (Lipinski definition) is 6. The molecule has 0 radical (unpaired) electrons. The summed E-state index contributed by atoms with van der Waals surface area (Å²) in [5.41, 5.74) is 6.24. The molecule has 0 bridgehead atoms. The van der Waals surface area contributed by atoms with Crippen molar-refractivity contribution in [3.63, 3.8) is 0 Å². The molecule has 3 N–H and O–H groups in total. The highest BCUT2D eigenvalue weighted by Gasteiger charge is 2.42. The van der Waals surface area contributed by atoms with E-state index in [0.717, 1.165) is 18.4 Å². The second-order valence-corrected chi connectivity index (χ2v) is 7.28. The zero-order valence-electron chi connectivity index (χ0n) is 15.7. The van der Waals surface area contributed by atoms with Gasteiger partial charge in [-0.05, 0) is 31.9 Å². The number of carbonyl (C=O) groups is 1. The first-order chi connectivity index (χ1) is 13.0. The summed E-state index contributed by atoms with van der Waals surface area (Å²) in [7, 11) is 1.88. The van der Waals surface area contributed by atoms with E-state index in [-0.39, 0.29) is 18.4 Å². The van der Waals surface area contributed by atoms with Crippen LogP contribution in [0.15, 0.2) is 42.7 Å². The van der Waals surface area contributed by atoms with E-state index < -0.39 is 5.60 Å². The standard InChI is InChI=1S/C20H27N5O2/c1-24(14-17-12-22-19(21)23-13-17)15-20(27)9-5-10-25(18(20)26)11-8-16-6-3-2-4-7-16/h2-4,6-7,12-13,27H,5,8-11,14-15H2,1H3,(H2,21,22,23)/t20-/m1/s1. The van der Waals surface area contributed by atoms with Gasteiger partial charge in [-0.25, -0.2) is 9.97 Å². The van der Waals surface area contributed by atoms with Gasteiger partial charge in [-0.15, -0.1) is 0 Å². The fourth-order valence-electron chi connectivity index (χ4n) is 3.59. The van der Waals surface area contributed by atoms with Gasteiger partial charge in [0.25, 0.3) is 5.91 Å². The van der Waals surface area contributed by atoms with Crippen molar-refractivity contribution < 1.29 is 9.90 Å². The largest absolute Gasteiger partial charge is 0.379 e. The number of amides is 1. The predicted octanol–water partition coefficient (Wildman–Crippen LogP) is 1.09. The molecular weight excluding hydrogens is 342 g/mol. The Balaban J connectivity index is 1.58. The van der Waals surface area contributed by atoms with Gasteiger partial charge < -0.3 is 15.7 Å². The topological polar surface area (TPSA) is 95.6 Å². The van der Waals surface area contributed by atoms with Crippen LogP contribution in [0, 0.1) is 0 Å². The van der Waals surface area contributed by atoms with Gasteiger partial charge in [-0.3, -0.25) is 9.69 Å². The van der Waals surface area contributed by atoms with Crippen molar-refractivity contribution in [2.24, 2.45) is 0 Å². The van der Waals surface area contributed by atoms with Crippen LogP contribution in [-0.4, -0.2) is 63.1 Å². The number of rotatable bonds is 7. The first-order valence-corrected chi connectivity index (χ1v) is 9.27. The van der Waals surface area contributed by atoms with Crippen LogP contribution in [0.25, 0.3) is 0 Å². The number of anilines is 1. The van der Waals surface area contributed by atoms with Crippen molar-refractivity contribution in [3.8, 4) is 0 Å². The van der Waals surface area contributed by atoms with E-state index in [9.17, 15) is 9.90 Å². The molecule has 1 atom stereocenters. The number of piperidine rings is 1. The third-order valence-corrected chi connectivity index (χ3v) is 4.93. The van der Waals surface area contributed by atoms with E-state index in [4.69, 9.17) is 5.73 Å². The van der Waals surface area contributed by atoms with Crippen LogP contribution in [0.3, 0.4) is 0 Å². The van der Waals surface area contributed by atoms with E-state index in [0.29, 0.717) is 26.1 Å². The van der Waals surface area contributed by atoms with Gasteiger partial charge >= 0.3 is 0 Å². The molecule has 7 heteroatoms. The lowest BCUT2D eigenvalue weighted by molar-refractivity contribution is -0.159. The smallest absolute Gasteiger partial charge is 0.255 e. The number of likely N-dealkylation sites (N-methyl/N-ethyl adjacent to an activating group) is 1. The van der Waals surface area contributed by atoms with Crippen LogP contribution >= 0.6 is 0 Å². The zero-order chi connectivity index (χ0) is 19.3. The monoisotopic (exact) mass is 369 g/mol. The molecule has 27 heavy (non-hydrogen) atoms. The second kappa shape index (κ2) is 8.45. The maximum atomic E-state index is 12.9. The fourth-order valence-corrected chi connectivity index (χ4v) is 3.59. The summed E-state index contributed by atoms with van der Waals surface area (Å²) in [6.07, 6.45) is 5.41. The Morgan fingerprint density at radius 3 is 2.63 bits per heavy atom. The summed E-state index contributed by atoms with van der Waals surface area (Å²) in [6, 6.07) is 10.1. The van der Waals surface area contributed by atoms with Crippen LogP contribution < -0.4 is 5.73 Å². The molecule has 1 amide bonds. The quantitative estimate of drug-likeness (QED) is 0.758. The molecule has 0 aliphatic carbocycles. The van der Waals surface area contributed by atoms with Crippen molar-refractivity contribution in [1.29, 1.82) is 0 Å². The lowest BCUT2D eigenvalue weighted by atomic mass is 9.90. The molecular formula is C20H27N5O2. The summed E-state index contributed by atoms with van der Waals surface area (Å²) in [5, 5.41) is 11.0. The number of nitrogens with two attached hydrogens (primary N) is 1. The lowest BCUT2D eigenvalue weighted by Gasteiger charge is -2.40. The minimum absolute atomic E-state index is 0.176. The molecule has 1 aliphatic heterocycles. The molecule has 1 aromatic carbocycles. The average molecular weight is 369 g/mol. The Kier molecular flexibility index (Phi) is 6.03. The van der Waals surface area contributed by atoms with Crippen molar-refractivity contribution in [2.75, 3.05) is 32.4 Å². The van der Waals surface area contributed by atoms with E-state index in [2.05, 4.69) is 22.1 Å². The number of likely N-dealkylation sites (tertiary alicyclic amines) is 1. The molecule has 1 aromatic heterocycles. The fraction of sp³-hybridized carbons (Fsp3) is 0.450. The molecule has 0 unspecified atom stereocenters. The van der Waals surface area contributed by atoms with Crippen LogP contribution in [0.4, 0.5) is 5.95 Å². The van der Waals surface area contributed by atoms with E-state index in [1.54, 1.807) is 17.3 Å². The molecule has 1 aliphatic rings. The number of carbonyl (C=O) groups excluding carboxylic acids is 1. The molecule has 2 heterocycles. The molecule has 2 aromatic rings. The van der Waals surface area contributed by atoms with Gasteiger partial charge in [0.1, 0.15) is 0 Å². The lowest BCUT2D eigenvalue weighted by Crippen LogP contribution is -2.58. The highest BCUT2D eigenvalue weighted by molar-refractivity contribution is 5.86. The van der Waals surface area contributed by atoms with Crippen LogP contribution in [0.5, 0.6) is 0 Å². The minimum atomic E-state index is -1.35. The molecule has 3 rings (SSSR count). The third kappa shape index (κ3) is 5.02. The summed E-state index contributed by atoms with van der Waals surface area (Å²) in [6.45, 7) is 2.14. The Morgan fingerprint density at radius 1 is 1.22 bits per heavy atom. The van der Waals surface area contributed by atoms with Crippen molar-refractivity contribution in [1.82, 2.24) is 19.8 Å². The SMILES string of the molecule is CN(Cc1cnc(N)nc1)C[C@]1(O)CCCN(CCc2ccccc2)C1=O. The summed E-state index contributed by atoms with van der Waals surface area (Å²) in [4.78, 5) is 24.6. The molecule has 1 fully saturated rings. The van der Waals surface area contributed by atoms with Crippen LogP contribution in [0.1, 0.15) is 24.0 Å². The van der Waals surface area contributed by atoms with Gasteiger partial charge in [0, 0.05) is 44.1 Å². The van der Waals surface area contributed by atoms with Crippen molar-refractivity contribution in [3.05, 3.63) is 53.9 Å². The number of nitrogens with zero attached hydrogens (tertiary/aromatic N) is 4. The van der Waals surface area contributed by atoms with Crippen molar-refractivity contribution >= 4 is 11.9 Å². The number of benzene rings is 1. The molecule has 0 saturated carbocycles. The normalized spacial score (nSPS) is 20.3. The average Bonchev–Trinajstić information content (AvgIpc) is 2.66. The summed E-state index contributed by atoms with van der Waals surface area (Å²) < 4.78 is 0. The highest BCUT2D eigenvalue weighted by Crippen LogP contribution is 2.24. The van der Waals surface area contributed by atoms with Gasteiger partial charge in [0.05, 0.1) is 0 Å². The van der Waals surface area contributed by atoms with Crippen LogP contribution in [0.2, 0.25) is 0 Å². The van der Waals surface area contributed by atoms with Gasteiger partial charge in [0.15, 0.2) is 5.60 Å². The third-order valence-electron chi connectivity index (χ3n) is 4.93. The minimum Gasteiger partial charge on any atom is -0.379 e. The van der Waals surface area contributed by atoms with E-state index >= 15 is 0 Å². The van der Waals surface area contributed by atoms with Crippen LogP contribution in [-0.2, 0) is 17.8 Å². The number of aliphatic hydroxyl groups is 1. The Morgan fingerprint density at radius 2 is 1.93 bits per heavy atom. The van der Waals surface area contributed by atoms with E-state index in [1.807, 2.05) is 30.1 Å². The highest BCUT2D eigenvalue weighted by atomic mass is 16.3. The van der Waals surface area contributed by atoms with Crippen molar-refractivity contribution in [2.45, 2.75) is 31.4 Å². The molecule has 0 spiro atoms. The number of nitrogen functional groups attached to an aromatic ring is 1. The summed E-state index contributed by atoms with van der Waals surface area (Å²) in [5.74, 6) is 0.0571. The number of aromatic nitrogens is 2. The maximum absolute atomic E-state index is 12.9. The Bertz CT molecular complexity index is 753. The van der Waals surface area contributed by atoms with Gasteiger partial charge in [-0.1, -0.05) is 30.3 Å². The maximum Gasteiger partial charge on any atom is 0.255 e. The van der Waals surface area contributed by atoms with Gasteiger partial charge in [-0.2, -0.15) is 0 Å². The van der Waals surface area contributed by atoms with E-state index in [1.165, 1.54) is 5.56 Å². The summed E-state index contributed by atoms with van der Waals surface area (Å²) >= 11 is 0. The molecule has 144 valence electrons. The first kappa shape index (κ1) is 19.3. The molecule has 1 saturated heterocycles. The Labute approximate surface area is 159 Å². The predicted molar refractivity (Wildman–Crippen MR) is 104 cm³/mol. The zero-order valence-corrected chi connectivity index (χ0v) is 15.7.